The molecular weight excluding hydrogens is 560 g/mol. The zero-order chi connectivity index (χ0) is 29.3. The zero-order valence-electron chi connectivity index (χ0n) is 22.1. The molecule has 0 spiro atoms. The number of nitrogens with zero attached hydrogens (tertiary/aromatic N) is 1. The number of nitrogens with two attached hydrogens (primary N) is 1. The minimum absolute atomic E-state index is 0.157. The molecule has 4 aromatic rings. The average molecular weight is 587 g/mol. The predicted molar refractivity (Wildman–Crippen MR) is 160 cm³/mol. The molecule has 41 heavy (non-hydrogen) atoms. The Bertz CT molecular complexity index is 1810. The highest BCUT2D eigenvalue weighted by Gasteiger charge is 2.35. The number of anilines is 1. The van der Waals surface area contributed by atoms with Crippen molar-refractivity contribution in [3.05, 3.63) is 118 Å². The van der Waals surface area contributed by atoms with Crippen LogP contribution in [0.25, 0.3) is 11.1 Å². The van der Waals surface area contributed by atoms with Crippen molar-refractivity contribution in [2.75, 3.05) is 11.6 Å². The third-order valence-electron chi connectivity index (χ3n) is 7.06. The quantitative estimate of drug-likeness (QED) is 0.218. The van der Waals surface area contributed by atoms with Gasteiger partial charge in [-0.15, -0.1) is 0 Å². The van der Waals surface area contributed by atoms with Gasteiger partial charge in [-0.3, -0.25) is 15.0 Å². The van der Waals surface area contributed by atoms with Crippen molar-refractivity contribution in [3.8, 4) is 11.1 Å². The van der Waals surface area contributed by atoms with E-state index < -0.39 is 21.8 Å². The molecule has 208 valence electrons. The Morgan fingerprint density at radius 3 is 2.32 bits per heavy atom. The summed E-state index contributed by atoms with van der Waals surface area (Å²) < 4.78 is 24.6. The third-order valence-corrected chi connectivity index (χ3v) is 8.52. The monoisotopic (exact) mass is 586 g/mol. The van der Waals surface area contributed by atoms with Crippen molar-refractivity contribution in [2.24, 2.45) is 5.73 Å². The van der Waals surface area contributed by atoms with Crippen molar-refractivity contribution in [1.29, 1.82) is 5.41 Å². The second-order valence-electron chi connectivity index (χ2n) is 9.87. The fraction of sp³-hybridized carbons (Fsp3) is 0.129. The number of rotatable bonds is 6. The van der Waals surface area contributed by atoms with Crippen LogP contribution in [0, 0.1) is 5.41 Å². The molecule has 10 heteroatoms. The molecule has 1 atom stereocenters. The van der Waals surface area contributed by atoms with Crippen LogP contribution in [0.4, 0.5) is 5.69 Å². The van der Waals surface area contributed by atoms with Gasteiger partial charge in [0, 0.05) is 35.9 Å². The van der Waals surface area contributed by atoms with E-state index in [1.54, 1.807) is 60.7 Å². The van der Waals surface area contributed by atoms with Gasteiger partial charge in [-0.1, -0.05) is 72.3 Å². The Hall–Kier alpha value is -4.47. The van der Waals surface area contributed by atoms with Crippen molar-refractivity contribution in [2.45, 2.75) is 23.9 Å². The fourth-order valence-electron chi connectivity index (χ4n) is 4.98. The van der Waals surface area contributed by atoms with Gasteiger partial charge < -0.3 is 16.0 Å². The van der Waals surface area contributed by atoms with E-state index in [2.05, 4.69) is 5.32 Å². The van der Waals surface area contributed by atoms with Crippen LogP contribution in [0.1, 0.15) is 27.0 Å². The molecule has 2 amide bonds. The summed E-state index contributed by atoms with van der Waals surface area (Å²) in [5.74, 6) is -0.932. The normalized spacial score (nSPS) is 14.7. The molecule has 4 aromatic carbocycles. The van der Waals surface area contributed by atoms with Crippen molar-refractivity contribution in [1.82, 2.24) is 4.90 Å². The molecule has 4 N–H and O–H groups in total. The van der Waals surface area contributed by atoms with Gasteiger partial charge in [0.25, 0.3) is 5.91 Å². The van der Waals surface area contributed by atoms with Gasteiger partial charge in [-0.05, 0) is 47.0 Å². The number of amidine groups is 1. The number of fused-ring (bicyclic) bond motifs is 1. The highest BCUT2D eigenvalue weighted by molar-refractivity contribution is 7.90. The number of amides is 2. The third kappa shape index (κ3) is 5.86. The minimum atomic E-state index is -3.48. The number of sulfone groups is 1. The lowest BCUT2D eigenvalue weighted by Crippen LogP contribution is -2.50. The molecule has 5 rings (SSSR count). The number of benzene rings is 4. The van der Waals surface area contributed by atoms with Crippen molar-refractivity contribution >= 4 is 44.8 Å². The maximum absolute atomic E-state index is 13.7. The molecule has 1 unspecified atom stereocenters. The van der Waals surface area contributed by atoms with Crippen LogP contribution in [0.2, 0.25) is 5.02 Å². The summed E-state index contributed by atoms with van der Waals surface area (Å²) >= 11 is 6.58. The molecule has 0 saturated carbocycles. The molecule has 0 radical (unpaired) electrons. The first-order valence-corrected chi connectivity index (χ1v) is 15.0. The first-order valence-electron chi connectivity index (χ1n) is 12.7. The Morgan fingerprint density at radius 1 is 0.927 bits per heavy atom. The fourth-order valence-corrected chi connectivity index (χ4v) is 6.12. The molecule has 0 saturated heterocycles. The molecule has 0 bridgehead atoms. The van der Waals surface area contributed by atoms with E-state index in [9.17, 15) is 18.0 Å². The highest BCUT2D eigenvalue weighted by atomic mass is 35.5. The number of hydrogen-bond acceptors (Lipinski definition) is 5. The van der Waals surface area contributed by atoms with Gasteiger partial charge in [0.2, 0.25) is 5.91 Å². The largest absolute Gasteiger partial charge is 0.384 e. The van der Waals surface area contributed by atoms with Gasteiger partial charge >= 0.3 is 0 Å². The standard InChI is InChI=1S/C31H27ClN4O4S/c1-41(39,40)28-12-5-4-11-24(28)20-13-14-26(25(32)16-20)35-30(37)27-17-19-7-2-3-8-23(19)18-36(27)31(38)22-10-6-9-21(15-22)29(33)34/h2-16,27H,17-18H2,1H3,(H3,33,34)(H,35,37). The maximum Gasteiger partial charge on any atom is 0.254 e. The maximum atomic E-state index is 13.7. The van der Waals surface area contributed by atoms with Crippen LogP contribution >= 0.6 is 11.6 Å². The highest BCUT2D eigenvalue weighted by Crippen LogP contribution is 2.33. The summed E-state index contributed by atoms with van der Waals surface area (Å²) in [5, 5.41) is 10.8. The smallest absolute Gasteiger partial charge is 0.254 e. The molecule has 1 heterocycles. The van der Waals surface area contributed by atoms with E-state index in [0.29, 0.717) is 34.4 Å². The number of nitrogen functional groups attached to an aromatic ring is 1. The van der Waals surface area contributed by atoms with Gasteiger partial charge in [-0.2, -0.15) is 0 Å². The van der Waals surface area contributed by atoms with Crippen LogP contribution in [0.15, 0.2) is 95.9 Å². The SMILES string of the molecule is CS(=O)(=O)c1ccccc1-c1ccc(NC(=O)C2Cc3ccccc3CN2C(=O)c2cccc(C(=N)N)c2)c(Cl)c1. The Kier molecular flexibility index (Phi) is 7.66. The van der Waals surface area contributed by atoms with Crippen LogP contribution in [0.5, 0.6) is 0 Å². The van der Waals surface area contributed by atoms with Crippen LogP contribution in [0.3, 0.4) is 0 Å². The van der Waals surface area contributed by atoms with E-state index in [0.717, 1.165) is 17.4 Å². The predicted octanol–water partition coefficient (Wildman–Crippen LogP) is 4.90. The second-order valence-corrected chi connectivity index (χ2v) is 12.3. The molecule has 8 nitrogen and oxygen atoms in total. The lowest BCUT2D eigenvalue weighted by molar-refractivity contribution is -0.121. The number of carbonyl (C=O) groups excluding carboxylic acids is 2. The summed E-state index contributed by atoms with van der Waals surface area (Å²) in [6.07, 6.45) is 1.45. The van der Waals surface area contributed by atoms with E-state index in [4.69, 9.17) is 22.7 Å². The van der Waals surface area contributed by atoms with Gasteiger partial charge in [0.15, 0.2) is 9.84 Å². The summed E-state index contributed by atoms with van der Waals surface area (Å²) in [7, 11) is -3.48. The van der Waals surface area contributed by atoms with Crippen molar-refractivity contribution in [3.63, 3.8) is 0 Å². The lowest BCUT2D eigenvalue weighted by Gasteiger charge is -2.36. The molecular formula is C31H27ClN4O4S. The summed E-state index contributed by atoms with van der Waals surface area (Å²) in [4.78, 5) is 29.1. The molecule has 1 aliphatic heterocycles. The first-order chi connectivity index (χ1) is 19.5. The molecule has 0 aromatic heterocycles. The Balaban J connectivity index is 1.45. The minimum Gasteiger partial charge on any atom is -0.384 e. The first kappa shape index (κ1) is 28.1. The summed E-state index contributed by atoms with van der Waals surface area (Å²) in [6, 6.07) is 24.8. The summed E-state index contributed by atoms with van der Waals surface area (Å²) in [5.41, 5.74) is 9.70. The second kappa shape index (κ2) is 11.2. The topological polar surface area (TPSA) is 133 Å². The van der Waals surface area contributed by atoms with Gasteiger partial charge in [0.1, 0.15) is 11.9 Å². The van der Waals surface area contributed by atoms with Crippen LogP contribution in [-0.2, 0) is 27.6 Å². The average Bonchev–Trinajstić information content (AvgIpc) is 2.96. The van der Waals surface area contributed by atoms with Crippen LogP contribution < -0.4 is 11.1 Å². The number of nitrogens with one attached hydrogen (secondary N) is 2. The Labute approximate surface area is 243 Å². The number of hydrogen-bond donors (Lipinski definition) is 3. The van der Waals surface area contributed by atoms with Gasteiger partial charge in [0.05, 0.1) is 15.6 Å². The van der Waals surface area contributed by atoms with E-state index in [-0.39, 0.29) is 28.2 Å². The number of halogens is 1. The lowest BCUT2D eigenvalue weighted by atomic mass is 9.92. The van der Waals surface area contributed by atoms with E-state index in [1.165, 1.54) is 11.0 Å². The van der Waals surface area contributed by atoms with E-state index >= 15 is 0 Å². The molecule has 0 fully saturated rings. The Morgan fingerprint density at radius 2 is 1.61 bits per heavy atom. The molecule has 0 aliphatic carbocycles. The van der Waals surface area contributed by atoms with Crippen molar-refractivity contribution < 1.29 is 18.0 Å². The van der Waals surface area contributed by atoms with E-state index in [1.807, 2.05) is 24.3 Å². The number of carbonyl (C=O) groups is 2. The van der Waals surface area contributed by atoms with Crippen LogP contribution in [-0.4, -0.2) is 43.3 Å². The zero-order valence-corrected chi connectivity index (χ0v) is 23.7. The van der Waals surface area contributed by atoms with Gasteiger partial charge in [-0.25, -0.2) is 8.42 Å². The summed E-state index contributed by atoms with van der Waals surface area (Å²) in [6.45, 7) is 0.229. The molecule has 1 aliphatic rings.